The second-order valence-corrected chi connectivity index (χ2v) is 7.84. The first-order valence-corrected chi connectivity index (χ1v) is 10.5. The zero-order chi connectivity index (χ0) is 22.6. The molecule has 0 saturated heterocycles. The van der Waals surface area contributed by atoms with E-state index in [0.29, 0.717) is 24.1 Å². The normalized spacial score (nSPS) is 10.8. The molecular formula is C23H23BrN4O3. The van der Waals surface area contributed by atoms with E-state index >= 15 is 0 Å². The molecule has 2 amide bonds. The summed E-state index contributed by atoms with van der Waals surface area (Å²) >= 11 is 3.33. The van der Waals surface area contributed by atoms with Gasteiger partial charge in [0.1, 0.15) is 6.42 Å². The van der Waals surface area contributed by atoms with E-state index in [1.807, 2.05) is 31.2 Å². The van der Waals surface area contributed by atoms with Crippen LogP contribution in [0.4, 0.5) is 5.69 Å². The Balaban J connectivity index is 1.95. The Bertz CT molecular complexity index is 993. The number of Topliss-reactive ketones (excluding diaryl/α,β-unsaturated/α-hetero) is 1. The molecule has 0 unspecified atom stereocenters. The summed E-state index contributed by atoms with van der Waals surface area (Å²) in [5, 5.41) is 15.4. The van der Waals surface area contributed by atoms with Crippen LogP contribution >= 0.6 is 15.9 Å². The third kappa shape index (κ3) is 8.93. The van der Waals surface area contributed by atoms with Crippen molar-refractivity contribution >= 4 is 44.9 Å². The van der Waals surface area contributed by atoms with Crippen molar-refractivity contribution in [1.29, 1.82) is 5.26 Å². The first-order chi connectivity index (χ1) is 14.9. The molecular weight excluding hydrogens is 460 g/mol. The van der Waals surface area contributed by atoms with Crippen LogP contribution in [0, 0.1) is 18.3 Å². The van der Waals surface area contributed by atoms with Crippen LogP contribution < -0.4 is 10.7 Å². The van der Waals surface area contributed by atoms with Crippen LogP contribution in [0.15, 0.2) is 58.1 Å². The van der Waals surface area contributed by atoms with Gasteiger partial charge in [0.2, 0.25) is 5.91 Å². The highest BCUT2D eigenvalue weighted by atomic mass is 79.9. The lowest BCUT2D eigenvalue weighted by atomic mass is 10.0. The SMILES string of the molecule is Cc1ccc(NC(=O)CCC/C(CC(=O)c2ccc(Br)cc2)=N\NC(=O)CC#N)cc1. The highest BCUT2D eigenvalue weighted by molar-refractivity contribution is 9.10. The van der Waals surface area contributed by atoms with E-state index in [-0.39, 0.29) is 31.0 Å². The summed E-state index contributed by atoms with van der Waals surface area (Å²) in [5.41, 5.74) is 5.10. The monoisotopic (exact) mass is 482 g/mol. The second-order valence-electron chi connectivity index (χ2n) is 6.92. The first-order valence-electron chi connectivity index (χ1n) is 9.74. The van der Waals surface area contributed by atoms with Gasteiger partial charge in [-0.1, -0.05) is 45.8 Å². The molecule has 0 saturated carbocycles. The third-order valence-corrected chi connectivity index (χ3v) is 4.84. The van der Waals surface area contributed by atoms with Crippen molar-refractivity contribution in [3.05, 3.63) is 64.1 Å². The van der Waals surface area contributed by atoms with Crippen LogP contribution in [0.2, 0.25) is 0 Å². The summed E-state index contributed by atoms with van der Waals surface area (Å²) in [4.78, 5) is 36.3. The van der Waals surface area contributed by atoms with Gasteiger partial charge in [-0.2, -0.15) is 10.4 Å². The van der Waals surface area contributed by atoms with Gasteiger partial charge in [-0.05, 0) is 44.0 Å². The first kappa shape index (κ1) is 24.0. The third-order valence-electron chi connectivity index (χ3n) is 4.31. The number of halogens is 1. The quantitative estimate of drug-likeness (QED) is 0.294. The molecule has 0 fully saturated rings. The number of anilines is 1. The lowest BCUT2D eigenvalue weighted by molar-refractivity contribution is -0.120. The van der Waals surface area contributed by atoms with Gasteiger partial charge in [0, 0.05) is 27.9 Å². The molecule has 2 aromatic rings. The van der Waals surface area contributed by atoms with Gasteiger partial charge in [-0.3, -0.25) is 14.4 Å². The molecule has 0 aliphatic carbocycles. The lowest BCUT2D eigenvalue weighted by Crippen LogP contribution is -2.20. The van der Waals surface area contributed by atoms with Crippen LogP contribution in [0.3, 0.4) is 0 Å². The van der Waals surface area contributed by atoms with Gasteiger partial charge < -0.3 is 5.32 Å². The molecule has 0 aliphatic heterocycles. The Labute approximate surface area is 189 Å². The van der Waals surface area contributed by atoms with Crippen LogP contribution in [0.25, 0.3) is 0 Å². The fraction of sp³-hybridized carbons (Fsp3) is 0.261. The van der Waals surface area contributed by atoms with E-state index in [1.54, 1.807) is 30.3 Å². The van der Waals surface area contributed by atoms with Crippen molar-refractivity contribution in [2.24, 2.45) is 5.10 Å². The molecule has 0 spiro atoms. The Morgan fingerprint density at radius 3 is 2.32 bits per heavy atom. The van der Waals surface area contributed by atoms with Gasteiger partial charge in [-0.15, -0.1) is 0 Å². The molecule has 2 N–H and O–H groups in total. The van der Waals surface area contributed by atoms with Crippen molar-refractivity contribution in [3.63, 3.8) is 0 Å². The van der Waals surface area contributed by atoms with Gasteiger partial charge in [0.15, 0.2) is 5.78 Å². The molecule has 0 bridgehead atoms. The molecule has 8 heteroatoms. The minimum absolute atomic E-state index is 0.00798. The van der Waals surface area contributed by atoms with Gasteiger partial charge in [-0.25, -0.2) is 5.43 Å². The van der Waals surface area contributed by atoms with E-state index in [2.05, 4.69) is 31.8 Å². The number of hydrogen-bond donors (Lipinski definition) is 2. The Hall–Kier alpha value is -3.31. The summed E-state index contributed by atoms with van der Waals surface area (Å²) in [6.07, 6.45) is 0.741. The zero-order valence-electron chi connectivity index (χ0n) is 17.2. The molecule has 0 atom stereocenters. The standard InChI is InChI=1S/C23H23BrN4O3/c1-16-5-11-19(12-6-16)26-22(30)4-2-3-20(27-28-23(31)13-14-25)15-21(29)17-7-9-18(24)10-8-17/h5-12H,2-4,13,15H2,1H3,(H,26,30)(H,28,31)/b27-20+. The largest absolute Gasteiger partial charge is 0.326 e. The van der Waals surface area contributed by atoms with Crippen molar-refractivity contribution in [2.45, 2.75) is 39.0 Å². The minimum Gasteiger partial charge on any atom is -0.326 e. The summed E-state index contributed by atoms with van der Waals surface area (Å²) in [6.45, 7) is 1.97. The molecule has 2 rings (SSSR count). The second kappa shape index (κ2) is 12.4. The number of carbonyl (C=O) groups is 3. The van der Waals surface area contributed by atoms with Gasteiger partial charge >= 0.3 is 0 Å². The molecule has 2 aromatic carbocycles. The fourth-order valence-electron chi connectivity index (χ4n) is 2.67. The highest BCUT2D eigenvalue weighted by Crippen LogP contribution is 2.14. The number of nitrogens with zero attached hydrogens (tertiary/aromatic N) is 2. The number of amides is 2. The number of hydrazone groups is 1. The molecule has 0 radical (unpaired) electrons. The number of ketones is 1. The van der Waals surface area contributed by atoms with Crippen molar-refractivity contribution in [3.8, 4) is 6.07 Å². The Morgan fingerprint density at radius 1 is 1.00 bits per heavy atom. The van der Waals surface area contributed by atoms with Crippen molar-refractivity contribution < 1.29 is 14.4 Å². The molecule has 0 aromatic heterocycles. The average molecular weight is 483 g/mol. The van der Waals surface area contributed by atoms with E-state index in [9.17, 15) is 14.4 Å². The van der Waals surface area contributed by atoms with Crippen LogP contribution in [0.1, 0.15) is 48.0 Å². The van der Waals surface area contributed by atoms with E-state index in [1.165, 1.54) is 0 Å². The van der Waals surface area contributed by atoms with Crippen LogP contribution in [-0.4, -0.2) is 23.3 Å². The zero-order valence-corrected chi connectivity index (χ0v) is 18.7. The Morgan fingerprint density at radius 2 is 1.68 bits per heavy atom. The molecule has 7 nitrogen and oxygen atoms in total. The van der Waals surface area contributed by atoms with E-state index in [4.69, 9.17) is 5.26 Å². The average Bonchev–Trinajstić information content (AvgIpc) is 2.74. The number of aryl methyl sites for hydroxylation is 1. The lowest BCUT2D eigenvalue weighted by Gasteiger charge is -2.08. The summed E-state index contributed by atoms with van der Waals surface area (Å²) in [6, 6.07) is 16.2. The predicted octanol–water partition coefficient (Wildman–Crippen LogP) is 4.53. The highest BCUT2D eigenvalue weighted by Gasteiger charge is 2.12. The number of benzene rings is 2. The van der Waals surface area contributed by atoms with Crippen LogP contribution in [0.5, 0.6) is 0 Å². The number of nitrogens with one attached hydrogen (secondary N) is 2. The van der Waals surface area contributed by atoms with E-state index < -0.39 is 5.91 Å². The Kier molecular flexibility index (Phi) is 9.59. The van der Waals surface area contributed by atoms with Gasteiger partial charge in [0.25, 0.3) is 5.91 Å². The predicted molar refractivity (Wildman–Crippen MR) is 123 cm³/mol. The maximum atomic E-state index is 12.6. The molecule has 0 heterocycles. The maximum absolute atomic E-state index is 12.6. The number of carbonyl (C=O) groups excluding carboxylic acids is 3. The molecule has 0 aliphatic rings. The van der Waals surface area contributed by atoms with Crippen molar-refractivity contribution in [1.82, 2.24) is 5.43 Å². The number of nitriles is 1. The van der Waals surface area contributed by atoms with Gasteiger partial charge in [0.05, 0.1) is 12.5 Å². The topological polar surface area (TPSA) is 111 Å². The van der Waals surface area contributed by atoms with E-state index in [0.717, 1.165) is 15.7 Å². The summed E-state index contributed by atoms with van der Waals surface area (Å²) in [7, 11) is 0. The molecule has 31 heavy (non-hydrogen) atoms. The summed E-state index contributed by atoms with van der Waals surface area (Å²) < 4.78 is 0.862. The van der Waals surface area contributed by atoms with Crippen molar-refractivity contribution in [2.75, 3.05) is 5.32 Å². The summed E-state index contributed by atoms with van der Waals surface area (Å²) in [5.74, 6) is -0.839. The fourth-order valence-corrected chi connectivity index (χ4v) is 2.94. The number of hydrogen-bond acceptors (Lipinski definition) is 5. The minimum atomic E-state index is -0.548. The smallest absolute Gasteiger partial charge is 0.254 e. The number of rotatable bonds is 10. The molecule has 160 valence electrons. The van der Waals surface area contributed by atoms with Crippen LogP contribution in [-0.2, 0) is 9.59 Å². The maximum Gasteiger partial charge on any atom is 0.254 e.